The number of hydrogen-bond acceptors (Lipinski definition) is 4. The molecule has 2 heterocycles. The van der Waals surface area contributed by atoms with E-state index in [0.717, 1.165) is 19.4 Å². The van der Waals surface area contributed by atoms with Crippen molar-refractivity contribution in [3.8, 4) is 0 Å². The lowest BCUT2D eigenvalue weighted by Crippen LogP contribution is -2.26. The number of pyridine rings is 1. The molecule has 1 unspecified atom stereocenters. The summed E-state index contributed by atoms with van der Waals surface area (Å²) in [4.78, 5) is 15.1. The number of nitrogens with zero attached hydrogens (tertiary/aromatic N) is 1. The van der Waals surface area contributed by atoms with Gasteiger partial charge < -0.3 is 14.8 Å². The third kappa shape index (κ3) is 4.54. The predicted octanol–water partition coefficient (Wildman–Crippen LogP) is 1.54. The van der Waals surface area contributed by atoms with Crippen molar-refractivity contribution in [1.29, 1.82) is 0 Å². The predicted molar refractivity (Wildman–Crippen MR) is 70.9 cm³/mol. The third-order valence-electron chi connectivity index (χ3n) is 3.08. The quantitative estimate of drug-likeness (QED) is 0.608. The molecule has 0 aromatic carbocycles. The summed E-state index contributed by atoms with van der Waals surface area (Å²) >= 11 is 0. The van der Waals surface area contributed by atoms with E-state index in [2.05, 4.69) is 10.3 Å². The molecule has 1 aromatic heterocycles. The van der Waals surface area contributed by atoms with Gasteiger partial charge in [0.2, 0.25) is 5.95 Å². The van der Waals surface area contributed by atoms with Crippen molar-refractivity contribution in [3.63, 3.8) is 0 Å². The third-order valence-corrected chi connectivity index (χ3v) is 3.08. The summed E-state index contributed by atoms with van der Waals surface area (Å²) in [5, 5.41) is 2.64. The number of aromatic nitrogens is 1. The molecular weight excluding hydrogens is 263 g/mol. The Hall–Kier alpha value is -1.53. The van der Waals surface area contributed by atoms with Gasteiger partial charge in [0, 0.05) is 26.0 Å². The number of carbonyl (C=O) groups excluding carboxylic acids is 1. The van der Waals surface area contributed by atoms with Crippen LogP contribution in [0.4, 0.5) is 4.39 Å². The smallest absolute Gasteiger partial charge is 0.255 e. The maximum atomic E-state index is 13.2. The van der Waals surface area contributed by atoms with Crippen molar-refractivity contribution in [2.75, 3.05) is 26.4 Å². The van der Waals surface area contributed by atoms with E-state index in [1.165, 1.54) is 18.3 Å². The Bertz CT molecular complexity index is 436. The van der Waals surface area contributed by atoms with Gasteiger partial charge in [-0.05, 0) is 31.4 Å². The number of carbonyl (C=O) groups is 1. The molecule has 0 saturated carbocycles. The highest BCUT2D eigenvalue weighted by atomic mass is 19.1. The molecule has 0 spiro atoms. The first-order chi connectivity index (χ1) is 9.77. The highest BCUT2D eigenvalue weighted by Crippen LogP contribution is 2.11. The van der Waals surface area contributed by atoms with E-state index in [-0.39, 0.29) is 11.7 Å². The van der Waals surface area contributed by atoms with Crippen molar-refractivity contribution in [2.24, 2.45) is 0 Å². The fourth-order valence-corrected chi connectivity index (χ4v) is 2.02. The Morgan fingerprint density at radius 1 is 1.60 bits per heavy atom. The Balaban J connectivity index is 1.56. The normalized spacial score (nSPS) is 18.1. The maximum absolute atomic E-state index is 13.2. The molecule has 1 fully saturated rings. The van der Waals surface area contributed by atoms with E-state index in [9.17, 15) is 9.18 Å². The topological polar surface area (TPSA) is 60.5 Å². The molecule has 1 aromatic rings. The first-order valence-corrected chi connectivity index (χ1v) is 6.85. The van der Waals surface area contributed by atoms with Crippen molar-refractivity contribution in [1.82, 2.24) is 10.3 Å². The number of hydrogen-bond donors (Lipinski definition) is 1. The molecular formula is C14H19FN2O3. The highest BCUT2D eigenvalue weighted by molar-refractivity contribution is 5.94. The Morgan fingerprint density at radius 3 is 3.25 bits per heavy atom. The first kappa shape index (κ1) is 14.9. The zero-order chi connectivity index (χ0) is 14.2. The molecule has 1 atom stereocenters. The van der Waals surface area contributed by atoms with Gasteiger partial charge in [-0.25, -0.2) is 4.98 Å². The minimum atomic E-state index is -0.750. The summed E-state index contributed by atoms with van der Waals surface area (Å²) in [5.74, 6) is -1.20. The number of rotatable bonds is 7. The molecule has 110 valence electrons. The molecule has 0 aliphatic carbocycles. The van der Waals surface area contributed by atoms with Crippen LogP contribution in [0.1, 0.15) is 29.6 Å². The van der Waals surface area contributed by atoms with Gasteiger partial charge in [-0.2, -0.15) is 4.39 Å². The average molecular weight is 282 g/mol. The Labute approximate surface area is 117 Å². The second kappa shape index (κ2) is 7.91. The summed E-state index contributed by atoms with van der Waals surface area (Å²) in [5.41, 5.74) is -0.0345. The van der Waals surface area contributed by atoms with Crippen molar-refractivity contribution in [3.05, 3.63) is 29.8 Å². The summed E-state index contributed by atoms with van der Waals surface area (Å²) < 4.78 is 24.1. The number of ether oxygens (including phenoxy) is 2. The van der Waals surface area contributed by atoms with Crippen LogP contribution in [-0.4, -0.2) is 43.4 Å². The van der Waals surface area contributed by atoms with Gasteiger partial charge in [-0.15, -0.1) is 0 Å². The largest absolute Gasteiger partial charge is 0.379 e. The van der Waals surface area contributed by atoms with Crippen molar-refractivity contribution >= 4 is 5.91 Å². The van der Waals surface area contributed by atoms with Crippen LogP contribution in [0.15, 0.2) is 18.3 Å². The van der Waals surface area contributed by atoms with Gasteiger partial charge >= 0.3 is 0 Å². The fourth-order valence-electron chi connectivity index (χ4n) is 2.02. The van der Waals surface area contributed by atoms with Crippen LogP contribution in [0.3, 0.4) is 0 Å². The molecule has 0 radical (unpaired) electrons. The van der Waals surface area contributed by atoms with Crippen LogP contribution in [0, 0.1) is 5.95 Å². The lowest BCUT2D eigenvalue weighted by atomic mass is 10.2. The van der Waals surface area contributed by atoms with Crippen LogP contribution < -0.4 is 5.32 Å². The highest BCUT2D eigenvalue weighted by Gasteiger charge is 2.15. The zero-order valence-electron chi connectivity index (χ0n) is 11.3. The number of nitrogens with one attached hydrogen (secondary N) is 1. The van der Waals surface area contributed by atoms with Crippen LogP contribution >= 0.6 is 0 Å². The molecule has 20 heavy (non-hydrogen) atoms. The van der Waals surface area contributed by atoms with Crippen LogP contribution in [-0.2, 0) is 9.47 Å². The van der Waals surface area contributed by atoms with Gasteiger partial charge in [0.1, 0.15) is 0 Å². The van der Waals surface area contributed by atoms with Crippen molar-refractivity contribution in [2.45, 2.75) is 25.4 Å². The average Bonchev–Trinajstić information content (AvgIpc) is 2.96. The summed E-state index contributed by atoms with van der Waals surface area (Å²) in [7, 11) is 0. The van der Waals surface area contributed by atoms with E-state index in [4.69, 9.17) is 9.47 Å². The summed E-state index contributed by atoms with van der Waals surface area (Å²) in [6.07, 6.45) is 4.36. The molecule has 2 rings (SSSR count). The minimum Gasteiger partial charge on any atom is -0.379 e. The number of halogens is 1. The molecule has 5 nitrogen and oxygen atoms in total. The summed E-state index contributed by atoms with van der Waals surface area (Å²) in [6, 6.07) is 2.94. The van der Waals surface area contributed by atoms with Crippen LogP contribution in [0.25, 0.3) is 0 Å². The second-order valence-corrected chi connectivity index (χ2v) is 4.66. The SMILES string of the molecule is O=C(NCCCOCC1CCCO1)c1cccnc1F. The first-order valence-electron chi connectivity index (χ1n) is 6.85. The van der Waals surface area contributed by atoms with Gasteiger partial charge in [-0.3, -0.25) is 4.79 Å². The van der Waals surface area contributed by atoms with Gasteiger partial charge in [-0.1, -0.05) is 0 Å². The van der Waals surface area contributed by atoms with Crippen LogP contribution in [0.5, 0.6) is 0 Å². The van der Waals surface area contributed by atoms with Gasteiger partial charge in [0.25, 0.3) is 5.91 Å². The molecule has 6 heteroatoms. The Morgan fingerprint density at radius 2 is 2.50 bits per heavy atom. The molecule has 1 aliphatic heterocycles. The zero-order valence-corrected chi connectivity index (χ0v) is 11.3. The standard InChI is InChI=1S/C14H19FN2O3/c15-13-12(5-1-6-16-13)14(18)17-7-3-8-19-10-11-4-2-9-20-11/h1,5-6,11H,2-4,7-10H2,(H,17,18). The van der Waals surface area contributed by atoms with E-state index in [1.54, 1.807) is 0 Å². The van der Waals surface area contributed by atoms with E-state index in [0.29, 0.717) is 26.2 Å². The molecule has 1 aliphatic rings. The second-order valence-electron chi connectivity index (χ2n) is 4.66. The molecule has 1 saturated heterocycles. The molecule has 1 N–H and O–H groups in total. The monoisotopic (exact) mass is 282 g/mol. The van der Waals surface area contributed by atoms with E-state index in [1.807, 2.05) is 0 Å². The van der Waals surface area contributed by atoms with Crippen molar-refractivity contribution < 1.29 is 18.7 Å². The number of amides is 1. The fraction of sp³-hybridized carbons (Fsp3) is 0.571. The Kier molecular flexibility index (Phi) is 5.88. The molecule has 1 amide bonds. The van der Waals surface area contributed by atoms with E-state index >= 15 is 0 Å². The van der Waals surface area contributed by atoms with Gasteiger partial charge in [0.15, 0.2) is 0 Å². The minimum absolute atomic E-state index is 0.0345. The van der Waals surface area contributed by atoms with E-state index < -0.39 is 11.9 Å². The lowest BCUT2D eigenvalue weighted by Gasteiger charge is -2.10. The molecule has 0 bridgehead atoms. The lowest BCUT2D eigenvalue weighted by molar-refractivity contribution is 0.0166. The van der Waals surface area contributed by atoms with Crippen LogP contribution in [0.2, 0.25) is 0 Å². The summed E-state index contributed by atoms with van der Waals surface area (Å²) in [6.45, 7) is 2.42. The maximum Gasteiger partial charge on any atom is 0.255 e. The van der Waals surface area contributed by atoms with Gasteiger partial charge in [0.05, 0.1) is 18.3 Å².